The Hall–Kier alpha value is -3.07. The van der Waals surface area contributed by atoms with Crippen molar-refractivity contribution >= 4 is 50.7 Å². The highest BCUT2D eigenvalue weighted by Gasteiger charge is 2.33. The molecule has 0 heterocycles. The minimum Gasteiger partial charge on any atom is -0.357 e. The van der Waals surface area contributed by atoms with Gasteiger partial charge in [-0.05, 0) is 48.4 Å². The molecule has 0 aromatic heterocycles. The predicted molar refractivity (Wildman–Crippen MR) is 143 cm³/mol. The highest BCUT2D eigenvalue weighted by Crippen LogP contribution is 2.26. The van der Waals surface area contributed by atoms with Crippen molar-refractivity contribution in [1.29, 1.82) is 0 Å². The Bertz CT molecular complexity index is 1310. The molecule has 7 nitrogen and oxygen atoms in total. The van der Waals surface area contributed by atoms with Crippen molar-refractivity contribution in [2.45, 2.75) is 30.8 Å². The number of nitrogens with zero attached hydrogens (tertiary/aromatic N) is 2. The van der Waals surface area contributed by atoms with Gasteiger partial charge in [-0.1, -0.05) is 72.6 Å². The fourth-order valence-electron chi connectivity index (χ4n) is 3.76. The fraction of sp³-hybridized carbons (Fsp3) is 0.231. The zero-order valence-electron chi connectivity index (χ0n) is 19.9. The maximum atomic E-state index is 13.8. The van der Waals surface area contributed by atoms with Crippen LogP contribution in [0.1, 0.15) is 18.9 Å². The summed E-state index contributed by atoms with van der Waals surface area (Å²) in [5.74, 6) is -0.900. The van der Waals surface area contributed by atoms with E-state index in [2.05, 4.69) is 5.32 Å². The first-order chi connectivity index (χ1) is 17.2. The van der Waals surface area contributed by atoms with Gasteiger partial charge in [0.2, 0.25) is 11.8 Å². The number of benzene rings is 3. The predicted octanol–water partition coefficient (Wildman–Crippen LogP) is 4.74. The van der Waals surface area contributed by atoms with E-state index in [0.717, 1.165) is 4.31 Å². The van der Waals surface area contributed by atoms with Crippen LogP contribution in [0.25, 0.3) is 0 Å². The first-order valence-electron chi connectivity index (χ1n) is 11.3. The van der Waals surface area contributed by atoms with Gasteiger partial charge in [0, 0.05) is 13.6 Å². The molecule has 1 atom stereocenters. The molecule has 0 bridgehead atoms. The van der Waals surface area contributed by atoms with E-state index < -0.39 is 28.5 Å². The van der Waals surface area contributed by atoms with Crippen molar-refractivity contribution in [1.82, 2.24) is 10.2 Å². The van der Waals surface area contributed by atoms with Crippen LogP contribution in [0.15, 0.2) is 83.8 Å². The maximum Gasteiger partial charge on any atom is 0.264 e. The average molecular weight is 548 g/mol. The molecule has 2 amide bonds. The Morgan fingerprint density at radius 3 is 2.08 bits per heavy atom. The lowest BCUT2D eigenvalue weighted by molar-refractivity contribution is -0.140. The molecule has 3 rings (SSSR count). The topological polar surface area (TPSA) is 86.8 Å². The van der Waals surface area contributed by atoms with E-state index in [1.807, 2.05) is 0 Å². The van der Waals surface area contributed by atoms with Crippen molar-refractivity contribution in [3.8, 4) is 0 Å². The van der Waals surface area contributed by atoms with E-state index in [-0.39, 0.29) is 17.3 Å². The highest BCUT2D eigenvalue weighted by atomic mass is 35.5. The Morgan fingerprint density at radius 2 is 1.53 bits per heavy atom. The second-order valence-corrected chi connectivity index (χ2v) is 10.6. The van der Waals surface area contributed by atoms with Crippen molar-refractivity contribution in [3.05, 3.63) is 94.5 Å². The summed E-state index contributed by atoms with van der Waals surface area (Å²) in [6.07, 6.45) is 0.323. The molecule has 36 heavy (non-hydrogen) atoms. The summed E-state index contributed by atoms with van der Waals surface area (Å²) in [6.45, 7) is 1.32. The molecule has 1 N–H and O–H groups in total. The molecule has 0 aliphatic carbocycles. The van der Waals surface area contributed by atoms with Gasteiger partial charge in [0.1, 0.15) is 12.6 Å². The number of likely N-dealkylation sites (N-methyl/N-ethyl adjacent to an activating group) is 1. The third kappa shape index (κ3) is 6.37. The van der Waals surface area contributed by atoms with Gasteiger partial charge in [-0.15, -0.1) is 0 Å². The zero-order chi connectivity index (χ0) is 26.3. The number of carbonyl (C=O) groups is 2. The number of carbonyl (C=O) groups excluding carboxylic acids is 2. The molecule has 0 saturated carbocycles. The number of hydrogen-bond acceptors (Lipinski definition) is 4. The monoisotopic (exact) mass is 547 g/mol. The van der Waals surface area contributed by atoms with Crippen LogP contribution in [0.4, 0.5) is 5.69 Å². The average Bonchev–Trinajstić information content (AvgIpc) is 2.89. The number of nitrogens with one attached hydrogen (secondary N) is 1. The van der Waals surface area contributed by atoms with Gasteiger partial charge in [0.15, 0.2) is 0 Å². The summed E-state index contributed by atoms with van der Waals surface area (Å²) in [5.41, 5.74) is 0.981. The fourth-order valence-corrected chi connectivity index (χ4v) is 5.52. The molecule has 3 aromatic carbocycles. The van der Waals surface area contributed by atoms with Crippen LogP contribution >= 0.6 is 23.2 Å². The molecule has 0 aliphatic rings. The van der Waals surface area contributed by atoms with E-state index in [1.54, 1.807) is 73.7 Å². The first kappa shape index (κ1) is 27.5. The summed E-state index contributed by atoms with van der Waals surface area (Å²) in [7, 11) is -2.59. The summed E-state index contributed by atoms with van der Waals surface area (Å²) < 4.78 is 28.3. The molecule has 0 radical (unpaired) electrons. The highest BCUT2D eigenvalue weighted by molar-refractivity contribution is 7.92. The largest absolute Gasteiger partial charge is 0.357 e. The zero-order valence-corrected chi connectivity index (χ0v) is 22.2. The maximum absolute atomic E-state index is 13.8. The van der Waals surface area contributed by atoms with Crippen LogP contribution in [-0.4, -0.2) is 44.8 Å². The number of sulfonamides is 1. The van der Waals surface area contributed by atoms with Crippen molar-refractivity contribution in [2.75, 3.05) is 17.9 Å². The van der Waals surface area contributed by atoms with Crippen LogP contribution < -0.4 is 9.62 Å². The number of rotatable bonds is 10. The molecule has 1 unspecified atom stereocenters. The van der Waals surface area contributed by atoms with Crippen molar-refractivity contribution < 1.29 is 18.0 Å². The van der Waals surface area contributed by atoms with Gasteiger partial charge in [0.05, 0.1) is 20.6 Å². The van der Waals surface area contributed by atoms with E-state index in [4.69, 9.17) is 23.2 Å². The lowest BCUT2D eigenvalue weighted by atomic mass is 10.1. The number of anilines is 1. The SMILES string of the molecule is CCC(C(=O)NC)N(Cc1ccc(Cl)c(Cl)c1)C(=O)CN(c1ccccc1)S(=O)(=O)c1ccccc1. The van der Waals surface area contributed by atoms with Crippen LogP contribution in [0.3, 0.4) is 0 Å². The van der Waals surface area contributed by atoms with Gasteiger partial charge >= 0.3 is 0 Å². The number of hydrogen-bond donors (Lipinski definition) is 1. The van der Waals surface area contributed by atoms with Gasteiger partial charge < -0.3 is 10.2 Å². The van der Waals surface area contributed by atoms with Gasteiger partial charge in [-0.25, -0.2) is 8.42 Å². The Kier molecular flexibility index (Phi) is 9.37. The van der Waals surface area contributed by atoms with Crippen molar-refractivity contribution in [2.24, 2.45) is 0 Å². The molecular formula is C26H27Cl2N3O4S. The summed E-state index contributed by atoms with van der Waals surface area (Å²) >= 11 is 12.2. The molecular weight excluding hydrogens is 521 g/mol. The Balaban J connectivity index is 2.03. The molecule has 10 heteroatoms. The minimum absolute atomic E-state index is 0.0374. The molecule has 0 aliphatic heterocycles. The second kappa shape index (κ2) is 12.3. The van der Waals surface area contributed by atoms with Gasteiger partial charge in [0.25, 0.3) is 10.0 Å². The minimum atomic E-state index is -4.08. The normalized spacial score (nSPS) is 12.0. The van der Waals surface area contributed by atoms with E-state index in [0.29, 0.717) is 27.7 Å². The third-order valence-corrected chi connectivity index (χ3v) is 8.15. The second-order valence-electron chi connectivity index (χ2n) is 7.97. The van der Waals surface area contributed by atoms with Crippen molar-refractivity contribution in [3.63, 3.8) is 0 Å². The van der Waals surface area contributed by atoms with Crippen LogP contribution in [-0.2, 0) is 26.2 Å². The Morgan fingerprint density at radius 1 is 0.917 bits per heavy atom. The van der Waals surface area contributed by atoms with E-state index in [9.17, 15) is 18.0 Å². The smallest absolute Gasteiger partial charge is 0.264 e. The summed E-state index contributed by atoms with van der Waals surface area (Å²) in [6, 6.07) is 20.4. The number of amides is 2. The quantitative estimate of drug-likeness (QED) is 0.397. The van der Waals surface area contributed by atoms with Crippen LogP contribution in [0.5, 0.6) is 0 Å². The molecule has 0 spiro atoms. The molecule has 0 fully saturated rings. The summed E-state index contributed by atoms with van der Waals surface area (Å²) in [5, 5.41) is 3.26. The van der Waals surface area contributed by atoms with Gasteiger partial charge in [-0.2, -0.15) is 0 Å². The lowest BCUT2D eigenvalue weighted by Crippen LogP contribution is -2.51. The molecule has 0 saturated heterocycles. The van der Waals surface area contributed by atoms with E-state index in [1.165, 1.54) is 24.1 Å². The summed E-state index contributed by atoms with van der Waals surface area (Å²) in [4.78, 5) is 27.9. The Labute approximate surface area is 221 Å². The standard InChI is InChI=1S/C26H27Cl2N3O4S/c1-3-24(26(33)29-2)30(17-19-14-15-22(27)23(28)16-19)25(32)18-31(20-10-6-4-7-11-20)36(34,35)21-12-8-5-9-13-21/h4-16,24H,3,17-18H2,1-2H3,(H,29,33). The van der Waals surface area contributed by atoms with Gasteiger partial charge in [-0.3, -0.25) is 13.9 Å². The van der Waals surface area contributed by atoms with Crippen LogP contribution in [0, 0.1) is 0 Å². The third-order valence-electron chi connectivity index (χ3n) is 5.62. The first-order valence-corrected chi connectivity index (χ1v) is 13.5. The lowest BCUT2D eigenvalue weighted by Gasteiger charge is -2.33. The molecule has 190 valence electrons. The van der Waals surface area contributed by atoms with E-state index >= 15 is 0 Å². The number of para-hydroxylation sites is 1. The number of halogens is 2. The molecule has 3 aromatic rings. The van der Waals surface area contributed by atoms with Crippen LogP contribution in [0.2, 0.25) is 10.0 Å².